The average Bonchev–Trinajstić information content (AvgIpc) is 2.30. The zero-order valence-electron chi connectivity index (χ0n) is 10.1. The van der Waals surface area contributed by atoms with Gasteiger partial charge in [0.1, 0.15) is 13.2 Å². The molecule has 0 saturated carbocycles. The molecule has 0 aliphatic carbocycles. The first-order valence-corrected chi connectivity index (χ1v) is 5.87. The zero-order chi connectivity index (χ0) is 11.1. The van der Waals surface area contributed by atoms with Crippen molar-refractivity contribution in [2.24, 2.45) is 0 Å². The number of hydrogen-bond acceptors (Lipinski definition) is 2. The molecule has 94 valence electrons. The summed E-state index contributed by atoms with van der Waals surface area (Å²) in [5.41, 5.74) is 0. The van der Waals surface area contributed by atoms with Crippen molar-refractivity contribution >= 4 is 5.97 Å². The third-order valence-electron chi connectivity index (χ3n) is 3.41. The van der Waals surface area contributed by atoms with Crippen LogP contribution in [0.2, 0.25) is 0 Å². The van der Waals surface area contributed by atoms with Crippen LogP contribution < -0.4 is 24.0 Å². The molecular formula is C12H22INO2. The molecule has 0 spiro atoms. The van der Waals surface area contributed by atoms with E-state index in [-0.39, 0.29) is 29.9 Å². The van der Waals surface area contributed by atoms with Gasteiger partial charge in [-0.1, -0.05) is 6.58 Å². The molecule has 0 aromatic heterocycles. The third kappa shape index (κ3) is 4.82. The summed E-state index contributed by atoms with van der Waals surface area (Å²) in [5, 5.41) is 0. The topological polar surface area (TPSA) is 26.3 Å². The van der Waals surface area contributed by atoms with Gasteiger partial charge in [-0.25, -0.2) is 4.79 Å². The van der Waals surface area contributed by atoms with E-state index in [1.165, 1.54) is 38.4 Å². The first-order chi connectivity index (χ1) is 7.22. The predicted molar refractivity (Wildman–Crippen MR) is 60.4 cm³/mol. The second-order valence-electron chi connectivity index (χ2n) is 4.26. The van der Waals surface area contributed by atoms with E-state index in [1.807, 2.05) is 0 Å². The lowest BCUT2D eigenvalue weighted by Gasteiger charge is -2.40. The Labute approximate surface area is 115 Å². The van der Waals surface area contributed by atoms with E-state index < -0.39 is 0 Å². The first-order valence-electron chi connectivity index (χ1n) is 5.87. The van der Waals surface area contributed by atoms with Crippen LogP contribution in [0, 0.1) is 0 Å². The third-order valence-corrected chi connectivity index (χ3v) is 3.41. The molecule has 1 heterocycles. The van der Waals surface area contributed by atoms with E-state index in [4.69, 9.17) is 4.74 Å². The molecule has 1 aliphatic heterocycles. The number of halogens is 1. The minimum atomic E-state index is -0.304. The maximum absolute atomic E-state index is 10.9. The van der Waals surface area contributed by atoms with Crippen molar-refractivity contribution in [1.29, 1.82) is 0 Å². The molecule has 0 unspecified atom stereocenters. The highest BCUT2D eigenvalue weighted by Crippen LogP contribution is 2.18. The number of rotatable bonds is 5. The predicted octanol–water partition coefficient (Wildman–Crippen LogP) is -1.26. The van der Waals surface area contributed by atoms with E-state index in [1.54, 1.807) is 0 Å². The Morgan fingerprint density at radius 2 is 2.00 bits per heavy atom. The Morgan fingerprint density at radius 3 is 2.50 bits per heavy atom. The molecule has 1 rings (SSSR count). The van der Waals surface area contributed by atoms with E-state index in [0.29, 0.717) is 6.61 Å². The number of ether oxygens (including phenoxy) is 1. The first kappa shape index (κ1) is 15.9. The highest BCUT2D eigenvalue weighted by molar-refractivity contribution is 5.81. The lowest BCUT2D eigenvalue weighted by molar-refractivity contribution is -0.930. The fourth-order valence-electron chi connectivity index (χ4n) is 2.28. The number of likely N-dealkylation sites (tertiary alicyclic amines) is 1. The van der Waals surface area contributed by atoms with Gasteiger partial charge in [-0.2, -0.15) is 0 Å². The smallest absolute Gasteiger partial charge is 0.330 e. The quantitative estimate of drug-likeness (QED) is 0.271. The Hall–Kier alpha value is -0.100. The summed E-state index contributed by atoms with van der Waals surface area (Å²) in [6.07, 6.45) is 5.20. The highest BCUT2D eigenvalue weighted by Gasteiger charge is 2.27. The van der Waals surface area contributed by atoms with Crippen molar-refractivity contribution in [3.8, 4) is 0 Å². The van der Waals surface area contributed by atoms with Gasteiger partial charge in [-0.3, -0.25) is 0 Å². The lowest BCUT2D eigenvalue weighted by atomic mass is 10.1. The Bertz CT molecular complexity index is 225. The summed E-state index contributed by atoms with van der Waals surface area (Å²) in [6.45, 7) is 10.7. The maximum Gasteiger partial charge on any atom is 0.330 e. The second kappa shape index (κ2) is 8.06. The standard InChI is InChI=1S/C12H22NO2.HI/c1-3-12(14)15-11-10-13(4-2)8-6-5-7-9-13;/h3H,1,4-11H2,2H3;1H/q+1;/p-1. The Balaban J connectivity index is 0.00000225. The van der Waals surface area contributed by atoms with Crippen molar-refractivity contribution in [2.45, 2.75) is 26.2 Å². The number of likely N-dealkylation sites (N-methyl/N-ethyl adjacent to an activating group) is 1. The van der Waals surface area contributed by atoms with Gasteiger partial charge in [-0.15, -0.1) is 0 Å². The molecule has 1 saturated heterocycles. The van der Waals surface area contributed by atoms with Crippen LogP contribution in [0.15, 0.2) is 12.7 Å². The zero-order valence-corrected chi connectivity index (χ0v) is 12.2. The molecule has 0 radical (unpaired) electrons. The summed E-state index contributed by atoms with van der Waals surface area (Å²) in [4.78, 5) is 10.9. The summed E-state index contributed by atoms with van der Waals surface area (Å²) >= 11 is 0. The van der Waals surface area contributed by atoms with Gasteiger partial charge >= 0.3 is 5.97 Å². The van der Waals surface area contributed by atoms with Crippen LogP contribution in [-0.2, 0) is 9.53 Å². The fourth-order valence-corrected chi connectivity index (χ4v) is 2.28. The van der Waals surface area contributed by atoms with Crippen LogP contribution in [-0.4, -0.2) is 43.2 Å². The van der Waals surface area contributed by atoms with E-state index in [9.17, 15) is 4.79 Å². The highest BCUT2D eigenvalue weighted by atomic mass is 127. The van der Waals surface area contributed by atoms with Crippen LogP contribution in [0.1, 0.15) is 26.2 Å². The summed E-state index contributed by atoms with van der Waals surface area (Å²) < 4.78 is 6.16. The van der Waals surface area contributed by atoms with Crippen molar-refractivity contribution in [3.63, 3.8) is 0 Å². The van der Waals surface area contributed by atoms with Gasteiger partial charge in [0, 0.05) is 6.08 Å². The van der Waals surface area contributed by atoms with Crippen molar-refractivity contribution in [2.75, 3.05) is 32.8 Å². The normalized spacial score (nSPS) is 18.3. The molecule has 0 N–H and O–H groups in total. The SMILES string of the molecule is C=CC(=O)OCC[N+]1(CC)CCCCC1.[I-]. The Morgan fingerprint density at radius 1 is 1.38 bits per heavy atom. The number of quaternary nitrogens is 1. The van der Waals surface area contributed by atoms with Crippen LogP contribution in [0.25, 0.3) is 0 Å². The van der Waals surface area contributed by atoms with Gasteiger partial charge < -0.3 is 33.2 Å². The number of piperidine rings is 1. The van der Waals surface area contributed by atoms with Crippen LogP contribution in [0.3, 0.4) is 0 Å². The van der Waals surface area contributed by atoms with Crippen molar-refractivity contribution in [1.82, 2.24) is 0 Å². The van der Waals surface area contributed by atoms with Crippen molar-refractivity contribution in [3.05, 3.63) is 12.7 Å². The lowest BCUT2D eigenvalue weighted by Crippen LogP contribution is -3.00. The van der Waals surface area contributed by atoms with Gasteiger partial charge in [0.15, 0.2) is 0 Å². The van der Waals surface area contributed by atoms with Gasteiger partial charge in [0.05, 0.1) is 19.6 Å². The summed E-state index contributed by atoms with van der Waals surface area (Å²) in [7, 11) is 0. The molecule has 1 aliphatic rings. The molecule has 3 nitrogen and oxygen atoms in total. The van der Waals surface area contributed by atoms with Crippen LogP contribution in [0.5, 0.6) is 0 Å². The largest absolute Gasteiger partial charge is 1.00 e. The maximum atomic E-state index is 10.9. The molecule has 0 amide bonds. The average molecular weight is 339 g/mol. The van der Waals surface area contributed by atoms with Crippen molar-refractivity contribution < 1.29 is 38.0 Å². The molecule has 4 heteroatoms. The molecule has 16 heavy (non-hydrogen) atoms. The van der Waals surface area contributed by atoms with E-state index in [2.05, 4.69) is 13.5 Å². The minimum absolute atomic E-state index is 0. The van der Waals surface area contributed by atoms with Gasteiger partial charge in [-0.05, 0) is 26.2 Å². The number of nitrogens with zero attached hydrogens (tertiary/aromatic N) is 1. The molecule has 0 atom stereocenters. The number of hydrogen-bond donors (Lipinski definition) is 0. The van der Waals surface area contributed by atoms with Crippen LogP contribution in [0.4, 0.5) is 0 Å². The number of carbonyl (C=O) groups excluding carboxylic acids is 1. The number of carbonyl (C=O) groups is 1. The molecule has 0 bridgehead atoms. The van der Waals surface area contributed by atoms with Crippen LogP contribution >= 0.6 is 0 Å². The molecule has 0 aromatic rings. The fraction of sp³-hybridized carbons (Fsp3) is 0.750. The monoisotopic (exact) mass is 339 g/mol. The van der Waals surface area contributed by atoms with Gasteiger partial charge in [0.2, 0.25) is 0 Å². The molecule has 1 fully saturated rings. The Kier molecular flexibility index (Phi) is 8.01. The minimum Gasteiger partial charge on any atom is -1.00 e. The summed E-state index contributed by atoms with van der Waals surface area (Å²) in [6, 6.07) is 0. The second-order valence-corrected chi connectivity index (χ2v) is 4.26. The van der Waals surface area contributed by atoms with E-state index in [0.717, 1.165) is 17.6 Å². The van der Waals surface area contributed by atoms with Gasteiger partial charge in [0.25, 0.3) is 0 Å². The number of esters is 1. The molecular weight excluding hydrogens is 317 g/mol. The summed E-state index contributed by atoms with van der Waals surface area (Å²) in [5.74, 6) is -0.304. The van der Waals surface area contributed by atoms with E-state index >= 15 is 0 Å². The molecule has 0 aromatic carbocycles.